The molecule has 0 atom stereocenters. The first kappa shape index (κ1) is 7.01. The van der Waals surface area contributed by atoms with E-state index in [2.05, 4.69) is 10.6 Å². The Morgan fingerprint density at radius 3 is 2.10 bits per heavy atom. The summed E-state index contributed by atoms with van der Waals surface area (Å²) in [6, 6.07) is 3.82. The third-order valence-electron chi connectivity index (χ3n) is 1.47. The summed E-state index contributed by atoms with van der Waals surface area (Å²) < 4.78 is 0. The molecule has 0 saturated carbocycles. The van der Waals surface area contributed by atoms with Crippen LogP contribution in [-0.4, -0.2) is 19.3 Å². The summed E-state index contributed by atoms with van der Waals surface area (Å²) in [5.74, 6) is -0.567. The molecule has 0 unspecified atom stereocenters. The highest BCUT2D eigenvalue weighted by atomic mass is 15.2. The zero-order valence-electron chi connectivity index (χ0n) is 5.46. The zero-order valence-corrected chi connectivity index (χ0v) is 5.46. The average molecular weight is 136 g/mol. The van der Waals surface area contributed by atoms with E-state index in [-0.39, 0.29) is 6.17 Å². The van der Waals surface area contributed by atoms with E-state index in [9.17, 15) is 0 Å². The van der Waals surface area contributed by atoms with Crippen LogP contribution in [0.2, 0.25) is 0 Å². The SMILES string of the molecule is N#CC(C#N)C1NCCN1. The number of nitrogens with zero attached hydrogens (tertiary/aromatic N) is 2. The molecule has 1 aliphatic rings. The van der Waals surface area contributed by atoms with Gasteiger partial charge in [0.05, 0.1) is 18.3 Å². The van der Waals surface area contributed by atoms with E-state index < -0.39 is 5.92 Å². The van der Waals surface area contributed by atoms with Crippen LogP contribution in [0.25, 0.3) is 0 Å². The van der Waals surface area contributed by atoms with Crippen molar-refractivity contribution in [2.24, 2.45) is 5.92 Å². The van der Waals surface area contributed by atoms with E-state index in [1.165, 1.54) is 0 Å². The van der Waals surface area contributed by atoms with Crippen LogP contribution in [-0.2, 0) is 0 Å². The maximum Gasteiger partial charge on any atom is 0.161 e. The second kappa shape index (κ2) is 3.17. The molecule has 0 bridgehead atoms. The summed E-state index contributed by atoms with van der Waals surface area (Å²) >= 11 is 0. The molecule has 10 heavy (non-hydrogen) atoms. The van der Waals surface area contributed by atoms with Crippen molar-refractivity contribution in [1.82, 2.24) is 10.6 Å². The Labute approximate surface area is 59.4 Å². The van der Waals surface area contributed by atoms with E-state index in [1.807, 2.05) is 12.1 Å². The maximum absolute atomic E-state index is 8.43. The Hall–Kier alpha value is -1.10. The van der Waals surface area contributed by atoms with Gasteiger partial charge in [-0.25, -0.2) is 0 Å². The summed E-state index contributed by atoms with van der Waals surface area (Å²) in [4.78, 5) is 0. The third-order valence-corrected chi connectivity index (χ3v) is 1.47. The number of hydrogen-bond donors (Lipinski definition) is 2. The smallest absolute Gasteiger partial charge is 0.161 e. The van der Waals surface area contributed by atoms with Gasteiger partial charge in [-0.05, 0) is 0 Å². The van der Waals surface area contributed by atoms with Gasteiger partial charge in [0.2, 0.25) is 0 Å². The second-order valence-corrected chi connectivity index (χ2v) is 2.12. The fraction of sp³-hybridized carbons (Fsp3) is 0.667. The molecule has 0 radical (unpaired) electrons. The minimum Gasteiger partial charge on any atom is -0.299 e. The normalized spacial score (nSPS) is 18.7. The number of rotatable bonds is 1. The van der Waals surface area contributed by atoms with Crippen LogP contribution in [0.5, 0.6) is 0 Å². The monoisotopic (exact) mass is 136 g/mol. The minimum absolute atomic E-state index is 0.130. The van der Waals surface area contributed by atoms with Crippen molar-refractivity contribution in [2.45, 2.75) is 6.17 Å². The topological polar surface area (TPSA) is 71.6 Å². The van der Waals surface area contributed by atoms with Crippen molar-refractivity contribution in [1.29, 1.82) is 10.5 Å². The molecule has 1 fully saturated rings. The van der Waals surface area contributed by atoms with Crippen molar-refractivity contribution >= 4 is 0 Å². The lowest BCUT2D eigenvalue weighted by atomic mass is 10.1. The summed E-state index contributed by atoms with van der Waals surface area (Å²) in [5, 5.41) is 22.9. The van der Waals surface area contributed by atoms with Crippen molar-refractivity contribution in [2.75, 3.05) is 13.1 Å². The molecule has 0 amide bonds. The molecule has 0 spiro atoms. The van der Waals surface area contributed by atoms with Gasteiger partial charge in [-0.3, -0.25) is 10.6 Å². The van der Waals surface area contributed by atoms with E-state index in [0.717, 1.165) is 13.1 Å². The van der Waals surface area contributed by atoms with Crippen LogP contribution < -0.4 is 10.6 Å². The standard InChI is InChI=1S/C6H8N4/c7-3-5(4-8)6-9-1-2-10-6/h5-6,9-10H,1-2H2. The molecule has 1 heterocycles. The van der Waals surface area contributed by atoms with Gasteiger partial charge in [0.25, 0.3) is 0 Å². The van der Waals surface area contributed by atoms with Gasteiger partial charge in [0.1, 0.15) is 0 Å². The fourth-order valence-electron chi connectivity index (χ4n) is 0.941. The van der Waals surface area contributed by atoms with Crippen LogP contribution in [0, 0.1) is 28.6 Å². The van der Waals surface area contributed by atoms with E-state index >= 15 is 0 Å². The largest absolute Gasteiger partial charge is 0.299 e. The van der Waals surface area contributed by atoms with Crippen LogP contribution in [0.15, 0.2) is 0 Å². The molecular weight excluding hydrogens is 128 g/mol. The molecule has 4 nitrogen and oxygen atoms in total. The summed E-state index contributed by atoms with van der Waals surface area (Å²) in [6.07, 6.45) is -0.130. The lowest BCUT2D eigenvalue weighted by Crippen LogP contribution is -2.37. The average Bonchev–Trinajstić information content (AvgIpc) is 2.43. The maximum atomic E-state index is 8.43. The van der Waals surface area contributed by atoms with E-state index in [1.54, 1.807) is 0 Å². The van der Waals surface area contributed by atoms with Crippen LogP contribution >= 0.6 is 0 Å². The first-order chi connectivity index (χ1) is 4.88. The quantitative estimate of drug-likeness (QED) is 0.493. The van der Waals surface area contributed by atoms with Crippen LogP contribution in [0.4, 0.5) is 0 Å². The first-order valence-electron chi connectivity index (χ1n) is 3.14. The molecule has 0 aliphatic carbocycles. The van der Waals surface area contributed by atoms with Gasteiger partial charge in [-0.15, -0.1) is 0 Å². The number of nitriles is 2. The Kier molecular flexibility index (Phi) is 2.22. The van der Waals surface area contributed by atoms with Gasteiger partial charge >= 0.3 is 0 Å². The Bertz CT molecular complexity index is 167. The molecule has 1 aliphatic heterocycles. The highest BCUT2D eigenvalue weighted by molar-refractivity contribution is 5.05. The minimum atomic E-state index is -0.567. The summed E-state index contributed by atoms with van der Waals surface area (Å²) in [5.41, 5.74) is 0. The van der Waals surface area contributed by atoms with Gasteiger partial charge < -0.3 is 0 Å². The van der Waals surface area contributed by atoms with Crippen LogP contribution in [0.1, 0.15) is 0 Å². The van der Waals surface area contributed by atoms with Crippen molar-refractivity contribution in [3.05, 3.63) is 0 Å². The van der Waals surface area contributed by atoms with Crippen molar-refractivity contribution in [3.63, 3.8) is 0 Å². The molecule has 52 valence electrons. The predicted molar refractivity (Wildman–Crippen MR) is 34.5 cm³/mol. The van der Waals surface area contributed by atoms with Gasteiger partial charge in [0.15, 0.2) is 5.92 Å². The predicted octanol–water partition coefficient (Wildman–Crippen LogP) is -0.831. The molecule has 0 aromatic rings. The lowest BCUT2D eigenvalue weighted by Gasteiger charge is -2.08. The molecule has 1 saturated heterocycles. The highest BCUT2D eigenvalue weighted by Gasteiger charge is 2.22. The Morgan fingerprint density at radius 2 is 1.70 bits per heavy atom. The third kappa shape index (κ3) is 1.24. The van der Waals surface area contributed by atoms with Crippen molar-refractivity contribution < 1.29 is 0 Å². The fourth-order valence-corrected chi connectivity index (χ4v) is 0.941. The Balaban J connectivity index is 2.48. The molecule has 2 N–H and O–H groups in total. The molecule has 4 heteroatoms. The summed E-state index contributed by atoms with van der Waals surface area (Å²) in [7, 11) is 0. The zero-order chi connectivity index (χ0) is 7.40. The van der Waals surface area contributed by atoms with Crippen LogP contribution in [0.3, 0.4) is 0 Å². The molecule has 0 aromatic heterocycles. The first-order valence-corrected chi connectivity index (χ1v) is 3.14. The van der Waals surface area contributed by atoms with Gasteiger partial charge in [-0.2, -0.15) is 10.5 Å². The Morgan fingerprint density at radius 1 is 1.20 bits per heavy atom. The van der Waals surface area contributed by atoms with Gasteiger partial charge in [-0.1, -0.05) is 0 Å². The molecule has 0 aromatic carbocycles. The molecule has 1 rings (SSSR count). The van der Waals surface area contributed by atoms with Gasteiger partial charge in [0, 0.05) is 13.1 Å². The van der Waals surface area contributed by atoms with E-state index in [4.69, 9.17) is 10.5 Å². The van der Waals surface area contributed by atoms with Crippen molar-refractivity contribution in [3.8, 4) is 12.1 Å². The lowest BCUT2D eigenvalue weighted by molar-refractivity contribution is 0.498. The van der Waals surface area contributed by atoms with E-state index in [0.29, 0.717) is 0 Å². The molecular formula is C6H8N4. The highest BCUT2D eigenvalue weighted by Crippen LogP contribution is 2.00. The number of hydrogen-bond acceptors (Lipinski definition) is 4. The summed E-state index contributed by atoms with van der Waals surface area (Å²) in [6.45, 7) is 1.68. The second-order valence-electron chi connectivity index (χ2n) is 2.12. The number of nitrogens with one attached hydrogen (secondary N) is 2.